The summed E-state index contributed by atoms with van der Waals surface area (Å²) in [6.07, 6.45) is -14.7. The van der Waals surface area contributed by atoms with Gasteiger partial charge in [-0.2, -0.15) is 26.3 Å². The third-order valence-corrected chi connectivity index (χ3v) is 8.24. The van der Waals surface area contributed by atoms with E-state index in [2.05, 4.69) is 19.4 Å². The van der Waals surface area contributed by atoms with Crippen LogP contribution in [0.15, 0.2) is 18.2 Å². The molecule has 0 bridgehead atoms. The second kappa shape index (κ2) is 10.00. The quantitative estimate of drug-likeness (QED) is 0.508. The van der Waals surface area contributed by atoms with Gasteiger partial charge < -0.3 is 14.5 Å². The van der Waals surface area contributed by atoms with Gasteiger partial charge in [-0.1, -0.05) is 17.7 Å². The molecule has 0 radical (unpaired) electrons. The Morgan fingerprint density at radius 1 is 0.973 bits per heavy atom. The lowest BCUT2D eigenvalue weighted by molar-refractivity contribution is -0.308. The summed E-state index contributed by atoms with van der Waals surface area (Å²) in [4.78, 5) is 20.3. The maximum Gasteiger partial charge on any atom is 0.434 e. The van der Waals surface area contributed by atoms with Crippen LogP contribution in [0.5, 0.6) is 0 Å². The van der Waals surface area contributed by atoms with E-state index in [4.69, 9.17) is 11.6 Å². The number of halogens is 7. The molecule has 1 amide bonds. The molecule has 0 N–H and O–H groups in total. The van der Waals surface area contributed by atoms with E-state index in [1.807, 2.05) is 18.2 Å². The number of hydrogen-bond donors (Lipinski definition) is 0. The molecule has 4 heterocycles. The van der Waals surface area contributed by atoms with Crippen LogP contribution in [0, 0.1) is 11.8 Å². The molecule has 206 valence electrons. The molecule has 4 fully saturated rings. The molecule has 1 aromatic rings. The second-order valence-electron chi connectivity index (χ2n) is 10.5. The van der Waals surface area contributed by atoms with Crippen molar-refractivity contribution in [3.63, 3.8) is 0 Å². The normalized spacial score (nSPS) is 27.2. The largest absolute Gasteiger partial charge is 0.434 e. The minimum Gasteiger partial charge on any atom is -0.426 e. The molecule has 13 heteroatoms. The Bertz CT molecular complexity index is 980. The van der Waals surface area contributed by atoms with Crippen LogP contribution < -0.4 is 4.90 Å². The van der Waals surface area contributed by atoms with Crippen molar-refractivity contribution in [3.05, 3.63) is 28.8 Å². The highest BCUT2D eigenvalue weighted by atomic mass is 35.5. The van der Waals surface area contributed by atoms with Crippen molar-refractivity contribution in [2.45, 2.75) is 43.9 Å². The van der Waals surface area contributed by atoms with Crippen LogP contribution in [0.25, 0.3) is 0 Å². The highest BCUT2D eigenvalue weighted by Gasteiger charge is 2.60. The van der Waals surface area contributed by atoms with Gasteiger partial charge in [-0.25, -0.2) is 4.79 Å². The van der Waals surface area contributed by atoms with Gasteiger partial charge >= 0.3 is 18.4 Å². The van der Waals surface area contributed by atoms with Gasteiger partial charge in [0.1, 0.15) is 0 Å². The zero-order valence-corrected chi connectivity index (χ0v) is 20.8. The van der Waals surface area contributed by atoms with Crippen LogP contribution >= 0.6 is 11.6 Å². The first-order valence-corrected chi connectivity index (χ1v) is 12.8. The van der Waals surface area contributed by atoms with Gasteiger partial charge in [-0.3, -0.25) is 9.80 Å². The van der Waals surface area contributed by atoms with Crippen molar-refractivity contribution < 1.29 is 35.9 Å². The summed E-state index contributed by atoms with van der Waals surface area (Å²) in [6, 6.07) is 6.42. The van der Waals surface area contributed by atoms with E-state index in [0.29, 0.717) is 30.7 Å². The summed E-state index contributed by atoms with van der Waals surface area (Å²) in [5.74, 6) is -0.0823. The van der Waals surface area contributed by atoms with E-state index in [-0.39, 0.29) is 24.9 Å². The van der Waals surface area contributed by atoms with Crippen molar-refractivity contribution >= 4 is 23.4 Å². The molecule has 0 spiro atoms. The number of amides is 1. The zero-order chi connectivity index (χ0) is 26.5. The van der Waals surface area contributed by atoms with Gasteiger partial charge in [0.2, 0.25) is 0 Å². The average molecular weight is 555 g/mol. The molecule has 1 aromatic carbocycles. The Morgan fingerprint density at radius 3 is 2.30 bits per heavy atom. The third kappa shape index (κ3) is 5.75. The van der Waals surface area contributed by atoms with E-state index >= 15 is 0 Å². The van der Waals surface area contributed by atoms with Crippen molar-refractivity contribution in [1.82, 2.24) is 14.7 Å². The van der Waals surface area contributed by atoms with Crippen molar-refractivity contribution in [1.29, 1.82) is 0 Å². The summed E-state index contributed by atoms with van der Waals surface area (Å²) in [7, 11) is 0. The molecule has 0 saturated carbocycles. The van der Waals surface area contributed by atoms with Gasteiger partial charge in [-0.05, 0) is 48.9 Å². The molecule has 6 nitrogen and oxygen atoms in total. The number of hydrogen-bond acceptors (Lipinski definition) is 5. The first-order valence-electron chi connectivity index (χ1n) is 12.5. The van der Waals surface area contributed by atoms with E-state index in [9.17, 15) is 31.1 Å². The number of rotatable bonds is 4. The van der Waals surface area contributed by atoms with Crippen LogP contribution in [-0.4, -0.2) is 97.6 Å². The summed E-state index contributed by atoms with van der Waals surface area (Å²) in [5, 5.41) is 0.663. The van der Waals surface area contributed by atoms with Gasteiger partial charge in [0.25, 0.3) is 6.10 Å². The second-order valence-corrected chi connectivity index (χ2v) is 11.0. The molecule has 2 unspecified atom stereocenters. The van der Waals surface area contributed by atoms with E-state index in [0.717, 1.165) is 42.3 Å². The Hall–Kier alpha value is -1.92. The standard InChI is InChI=1S/C24H29ClF6N4O2/c25-18-4-3-15(20(8-18)34-7-6-33-5-1-2-19(33)14-34)9-32-10-16-12-35(13-17(16)11-32)22(36)37-21(23(26,27)28)24(29,30)31/h3-4,8,16-17,19,21H,1-2,5-7,9-14H2/t16?,17?,19-/m1/s1. The van der Waals surface area contributed by atoms with E-state index in [1.165, 1.54) is 12.8 Å². The molecule has 3 atom stereocenters. The molecule has 0 aliphatic carbocycles. The van der Waals surface area contributed by atoms with Crippen molar-refractivity contribution in [3.8, 4) is 0 Å². The fraction of sp³-hybridized carbons (Fsp3) is 0.708. The van der Waals surface area contributed by atoms with Crippen LogP contribution in [0.3, 0.4) is 0 Å². The van der Waals surface area contributed by atoms with E-state index < -0.39 is 24.5 Å². The highest BCUT2D eigenvalue weighted by Crippen LogP contribution is 2.38. The predicted molar refractivity (Wildman–Crippen MR) is 124 cm³/mol. The van der Waals surface area contributed by atoms with Crippen LogP contribution in [0.1, 0.15) is 18.4 Å². The monoisotopic (exact) mass is 554 g/mol. The number of fused-ring (bicyclic) bond motifs is 2. The molecular weight excluding hydrogens is 526 g/mol. The van der Waals surface area contributed by atoms with Gasteiger partial charge in [0.15, 0.2) is 0 Å². The maximum atomic E-state index is 12.8. The topological polar surface area (TPSA) is 39.3 Å². The van der Waals surface area contributed by atoms with Crippen molar-refractivity contribution in [2.24, 2.45) is 11.8 Å². The number of alkyl halides is 6. The number of anilines is 1. The smallest absolute Gasteiger partial charge is 0.426 e. The van der Waals surface area contributed by atoms with Crippen LogP contribution in [0.4, 0.5) is 36.8 Å². The molecule has 5 rings (SSSR count). The lowest BCUT2D eigenvalue weighted by atomic mass is 10.0. The molecule has 37 heavy (non-hydrogen) atoms. The summed E-state index contributed by atoms with van der Waals surface area (Å²) in [6.45, 7) is 6.01. The highest BCUT2D eigenvalue weighted by molar-refractivity contribution is 6.30. The molecular formula is C24H29ClF6N4O2. The Balaban J connectivity index is 1.19. The number of carbonyl (C=O) groups is 1. The van der Waals surface area contributed by atoms with E-state index in [1.54, 1.807) is 0 Å². The Morgan fingerprint density at radius 2 is 1.65 bits per heavy atom. The molecule has 4 aliphatic rings. The zero-order valence-electron chi connectivity index (χ0n) is 20.1. The van der Waals surface area contributed by atoms with Gasteiger partial charge in [0.05, 0.1) is 0 Å². The first kappa shape index (κ1) is 26.7. The fourth-order valence-corrected chi connectivity index (χ4v) is 6.45. The minimum atomic E-state index is -5.72. The predicted octanol–water partition coefficient (Wildman–Crippen LogP) is 4.62. The van der Waals surface area contributed by atoms with Crippen LogP contribution in [-0.2, 0) is 11.3 Å². The average Bonchev–Trinajstić information content (AvgIpc) is 3.51. The summed E-state index contributed by atoms with van der Waals surface area (Å²) in [5.41, 5.74) is 2.23. The molecule has 0 aromatic heterocycles. The number of carbonyl (C=O) groups excluding carboxylic acids is 1. The number of piperazine rings is 1. The lowest BCUT2D eigenvalue weighted by Crippen LogP contribution is -2.50. The Labute approximate surface area is 216 Å². The van der Waals surface area contributed by atoms with Gasteiger partial charge in [-0.15, -0.1) is 0 Å². The lowest BCUT2D eigenvalue weighted by Gasteiger charge is -2.40. The summed E-state index contributed by atoms with van der Waals surface area (Å²) >= 11 is 6.34. The number of nitrogens with zero attached hydrogens (tertiary/aromatic N) is 4. The Kier molecular flexibility index (Phi) is 7.21. The first-order chi connectivity index (χ1) is 17.4. The number of likely N-dealkylation sites (tertiary alicyclic amines) is 2. The fourth-order valence-electron chi connectivity index (χ4n) is 6.28. The van der Waals surface area contributed by atoms with Crippen molar-refractivity contribution in [2.75, 3.05) is 57.3 Å². The molecule has 4 aliphatic heterocycles. The third-order valence-electron chi connectivity index (χ3n) is 8.00. The molecule has 4 saturated heterocycles. The maximum absolute atomic E-state index is 12.8. The SMILES string of the molecule is O=C(OC(C(F)(F)F)C(F)(F)F)N1CC2CN(Cc3ccc(Cl)cc3N3CCN4CCC[C@@H]4C3)CC2C1. The minimum absolute atomic E-state index is 0.0412. The number of ether oxygens (including phenoxy) is 1. The summed E-state index contributed by atoms with van der Waals surface area (Å²) < 4.78 is 80.5. The van der Waals surface area contributed by atoms with Gasteiger partial charge in [0, 0.05) is 69.1 Å². The van der Waals surface area contributed by atoms with Crippen LogP contribution in [0.2, 0.25) is 5.02 Å². The number of benzene rings is 1.